The van der Waals surface area contributed by atoms with Crippen LogP contribution in [0, 0.1) is 17.2 Å². The Morgan fingerprint density at radius 2 is 1.85 bits per heavy atom. The van der Waals surface area contributed by atoms with Crippen LogP contribution in [0.2, 0.25) is 5.02 Å². The predicted molar refractivity (Wildman–Crippen MR) is 156 cm³/mol. The fourth-order valence-electron chi connectivity index (χ4n) is 5.33. The van der Waals surface area contributed by atoms with Crippen LogP contribution >= 0.6 is 11.6 Å². The lowest BCUT2D eigenvalue weighted by atomic mass is 10.0. The molecule has 2 saturated heterocycles. The summed E-state index contributed by atoms with van der Waals surface area (Å²) in [5.74, 6) is -0.403. The fraction of sp³-hybridized carbons (Fsp3) is 0.400. The number of benzene rings is 2. The minimum absolute atomic E-state index is 0.343. The lowest BCUT2D eigenvalue weighted by Crippen LogP contribution is -2.49. The van der Waals surface area contributed by atoms with Crippen molar-refractivity contribution < 1.29 is 18.7 Å². The van der Waals surface area contributed by atoms with Gasteiger partial charge in [-0.15, -0.1) is 0 Å². The third-order valence-electron chi connectivity index (χ3n) is 7.45. The summed E-state index contributed by atoms with van der Waals surface area (Å²) in [4.78, 5) is 27.7. The highest BCUT2D eigenvalue weighted by Gasteiger charge is 2.30. The van der Waals surface area contributed by atoms with Crippen LogP contribution in [0.1, 0.15) is 18.2 Å². The zero-order chi connectivity index (χ0) is 28.9. The molecule has 41 heavy (non-hydrogen) atoms. The van der Waals surface area contributed by atoms with Crippen LogP contribution in [0.15, 0.2) is 48.8 Å². The fourth-order valence-corrected chi connectivity index (χ4v) is 5.60. The van der Waals surface area contributed by atoms with Crippen LogP contribution in [-0.4, -0.2) is 73.3 Å². The van der Waals surface area contributed by atoms with Crippen molar-refractivity contribution in [2.75, 3.05) is 62.3 Å². The SMILES string of the molecule is C=C(F)C(=O)N1CCN(c2nc(OCC3COC3)nc3c2CCN(c2cccc4cccc(Cl)c24)C3)CC1.CC#N. The van der Waals surface area contributed by atoms with E-state index in [1.54, 1.807) is 6.07 Å². The highest BCUT2D eigenvalue weighted by molar-refractivity contribution is 6.36. The molecule has 4 heterocycles. The Morgan fingerprint density at radius 3 is 2.51 bits per heavy atom. The molecule has 11 heteroatoms. The molecular formula is C30H32ClFN6O3. The minimum Gasteiger partial charge on any atom is -0.463 e. The van der Waals surface area contributed by atoms with Gasteiger partial charge in [-0.1, -0.05) is 42.4 Å². The van der Waals surface area contributed by atoms with E-state index in [0.717, 1.165) is 51.5 Å². The van der Waals surface area contributed by atoms with E-state index < -0.39 is 11.7 Å². The summed E-state index contributed by atoms with van der Waals surface area (Å²) in [6.45, 7) is 9.71. The number of carbonyl (C=O) groups is 1. The van der Waals surface area contributed by atoms with Crippen LogP contribution in [0.4, 0.5) is 15.9 Å². The van der Waals surface area contributed by atoms with E-state index in [9.17, 15) is 9.18 Å². The molecule has 3 aromatic rings. The van der Waals surface area contributed by atoms with Gasteiger partial charge in [0.15, 0.2) is 5.83 Å². The molecule has 0 unspecified atom stereocenters. The van der Waals surface area contributed by atoms with Crippen molar-refractivity contribution in [3.05, 3.63) is 65.1 Å². The Kier molecular flexibility index (Phi) is 8.86. The van der Waals surface area contributed by atoms with E-state index in [-0.39, 0.29) is 0 Å². The summed E-state index contributed by atoms with van der Waals surface area (Å²) in [7, 11) is 0. The van der Waals surface area contributed by atoms with Gasteiger partial charge < -0.3 is 24.2 Å². The first kappa shape index (κ1) is 28.6. The quantitative estimate of drug-likeness (QED) is 0.394. The molecule has 214 valence electrons. The normalized spacial score (nSPS) is 16.7. The number of carbonyl (C=O) groups excluding carboxylic acids is 1. The van der Waals surface area contributed by atoms with Gasteiger partial charge in [0.1, 0.15) is 5.82 Å². The van der Waals surface area contributed by atoms with Crippen molar-refractivity contribution in [3.63, 3.8) is 0 Å². The maximum Gasteiger partial charge on any atom is 0.318 e. The molecule has 3 aliphatic rings. The van der Waals surface area contributed by atoms with E-state index in [0.29, 0.717) is 64.5 Å². The van der Waals surface area contributed by atoms with Gasteiger partial charge in [0.05, 0.1) is 43.2 Å². The molecule has 0 bridgehead atoms. The highest BCUT2D eigenvalue weighted by Crippen LogP contribution is 2.37. The van der Waals surface area contributed by atoms with Gasteiger partial charge in [0.25, 0.3) is 5.91 Å². The molecule has 0 N–H and O–H groups in total. The maximum atomic E-state index is 13.4. The second kappa shape index (κ2) is 12.7. The Balaban J connectivity index is 0.00000108. The van der Waals surface area contributed by atoms with Crippen LogP contribution < -0.4 is 14.5 Å². The zero-order valence-electron chi connectivity index (χ0n) is 23.0. The van der Waals surface area contributed by atoms with Crippen molar-refractivity contribution in [2.45, 2.75) is 19.9 Å². The molecule has 1 amide bonds. The van der Waals surface area contributed by atoms with Crippen molar-refractivity contribution >= 4 is 39.8 Å². The molecule has 0 saturated carbocycles. The number of hydrogen-bond acceptors (Lipinski definition) is 8. The molecule has 1 aromatic heterocycles. The van der Waals surface area contributed by atoms with Gasteiger partial charge in [-0.3, -0.25) is 4.79 Å². The van der Waals surface area contributed by atoms with Gasteiger partial charge >= 0.3 is 6.01 Å². The lowest BCUT2D eigenvalue weighted by molar-refractivity contribution is -0.128. The Bertz CT molecular complexity index is 1480. The van der Waals surface area contributed by atoms with Gasteiger partial charge in [0, 0.05) is 62.2 Å². The largest absolute Gasteiger partial charge is 0.463 e. The van der Waals surface area contributed by atoms with Crippen molar-refractivity contribution in [1.29, 1.82) is 5.26 Å². The first-order chi connectivity index (χ1) is 19.9. The minimum atomic E-state index is -0.929. The third-order valence-corrected chi connectivity index (χ3v) is 7.76. The van der Waals surface area contributed by atoms with Crippen LogP contribution in [0.3, 0.4) is 0 Å². The van der Waals surface area contributed by atoms with Crippen molar-refractivity contribution in [1.82, 2.24) is 14.9 Å². The van der Waals surface area contributed by atoms with Gasteiger partial charge in [-0.05, 0) is 23.9 Å². The summed E-state index contributed by atoms with van der Waals surface area (Å²) < 4.78 is 24.7. The molecule has 2 aromatic carbocycles. The lowest BCUT2D eigenvalue weighted by Gasteiger charge is -2.38. The summed E-state index contributed by atoms with van der Waals surface area (Å²) in [5.41, 5.74) is 3.08. The monoisotopic (exact) mass is 578 g/mol. The molecule has 0 radical (unpaired) electrons. The topological polar surface area (TPSA) is 94.8 Å². The molecule has 6 rings (SSSR count). The number of hydrogen-bond donors (Lipinski definition) is 0. The van der Waals surface area contributed by atoms with Crippen molar-refractivity contribution in [2.24, 2.45) is 5.92 Å². The molecule has 3 aliphatic heterocycles. The molecule has 0 aliphatic carbocycles. The van der Waals surface area contributed by atoms with Crippen LogP contribution in [0.25, 0.3) is 10.8 Å². The number of rotatable bonds is 6. The Morgan fingerprint density at radius 1 is 1.15 bits per heavy atom. The van der Waals surface area contributed by atoms with E-state index in [1.807, 2.05) is 12.1 Å². The second-order valence-corrected chi connectivity index (χ2v) is 10.6. The molecule has 9 nitrogen and oxygen atoms in total. The van der Waals surface area contributed by atoms with Crippen LogP contribution in [0.5, 0.6) is 6.01 Å². The average Bonchev–Trinajstić information content (AvgIpc) is 2.95. The number of piperazine rings is 1. The summed E-state index contributed by atoms with van der Waals surface area (Å²) >= 11 is 6.63. The smallest absolute Gasteiger partial charge is 0.318 e. The number of anilines is 2. The summed E-state index contributed by atoms with van der Waals surface area (Å²) in [6, 6.07) is 14.3. The number of nitrogens with zero attached hydrogens (tertiary/aromatic N) is 6. The van der Waals surface area contributed by atoms with Crippen LogP contribution in [-0.2, 0) is 22.5 Å². The Labute approximate surface area is 243 Å². The second-order valence-electron chi connectivity index (χ2n) is 10.2. The molecule has 2 fully saturated rings. The standard InChI is InChI=1S/C28H29ClFN5O3.C2H3N/c1-18(30)27(36)34-12-10-33(11-13-34)26-21-8-9-35(24-7-3-5-20-4-2-6-22(29)25(20)24)14-23(21)31-28(32-26)38-17-19-15-37-16-19;1-2-3/h2-7,19H,1,8-17H2;1H3. The van der Waals surface area contributed by atoms with Gasteiger partial charge in [-0.2, -0.15) is 15.2 Å². The van der Waals surface area contributed by atoms with Gasteiger partial charge in [0.2, 0.25) is 0 Å². The molecule has 0 atom stereocenters. The average molecular weight is 579 g/mol. The summed E-state index contributed by atoms with van der Waals surface area (Å²) in [5, 5.41) is 10.2. The molecular weight excluding hydrogens is 547 g/mol. The first-order valence-corrected chi connectivity index (χ1v) is 14.0. The number of fused-ring (bicyclic) bond motifs is 2. The van der Waals surface area contributed by atoms with E-state index in [2.05, 4.69) is 40.6 Å². The number of ether oxygens (including phenoxy) is 2. The number of halogens is 2. The zero-order valence-corrected chi connectivity index (χ0v) is 23.7. The van der Waals surface area contributed by atoms with E-state index in [1.165, 1.54) is 11.8 Å². The summed E-state index contributed by atoms with van der Waals surface area (Å²) in [6.07, 6.45) is 0.753. The maximum absolute atomic E-state index is 13.4. The third kappa shape index (κ3) is 6.21. The number of nitriles is 1. The molecule has 0 spiro atoms. The van der Waals surface area contributed by atoms with Crippen molar-refractivity contribution in [3.8, 4) is 12.1 Å². The van der Waals surface area contributed by atoms with E-state index in [4.69, 9.17) is 36.3 Å². The number of aromatic nitrogens is 2. The van der Waals surface area contributed by atoms with E-state index >= 15 is 0 Å². The number of amides is 1. The first-order valence-electron chi connectivity index (χ1n) is 13.6. The predicted octanol–water partition coefficient (Wildman–Crippen LogP) is 4.53. The van der Waals surface area contributed by atoms with Gasteiger partial charge in [-0.25, -0.2) is 4.39 Å². The Hall–Kier alpha value is -3.94. The highest BCUT2D eigenvalue weighted by atomic mass is 35.5.